The maximum Gasteiger partial charge on any atom is 0.293 e. The van der Waals surface area contributed by atoms with Gasteiger partial charge in [-0.3, -0.25) is 17.5 Å². The molecule has 178 valence electrons. The molecule has 0 spiro atoms. The lowest BCUT2D eigenvalue weighted by Crippen LogP contribution is -2.46. The fourth-order valence-corrected chi connectivity index (χ4v) is 3.91. The van der Waals surface area contributed by atoms with Crippen LogP contribution in [0.5, 0.6) is 5.75 Å². The summed E-state index contributed by atoms with van der Waals surface area (Å²) in [6, 6.07) is 6.99. The van der Waals surface area contributed by atoms with E-state index in [9.17, 15) is 14.4 Å². The molecule has 34 heavy (non-hydrogen) atoms. The minimum atomic E-state index is -0.346. The predicted octanol–water partition coefficient (Wildman–Crippen LogP) is 1.85. The zero-order valence-electron chi connectivity index (χ0n) is 18.3. The number of piperazine rings is 1. The number of carbonyl (C=O) groups is 2. The van der Waals surface area contributed by atoms with Crippen LogP contribution in [-0.4, -0.2) is 62.8 Å². The normalized spacial score (nSPS) is 13.8. The Bertz CT molecular complexity index is 1330. The van der Waals surface area contributed by atoms with Crippen molar-refractivity contribution in [1.82, 2.24) is 23.0 Å². The molecule has 2 N–H and O–H groups in total. The highest BCUT2D eigenvalue weighted by Crippen LogP contribution is 2.28. The standard InChI is InChI=1S/C21H21ClIN7O4/c1-24-17(31)11-34-16-8-12-7-13(3-4-15(12)28(2)20(16)33)26-19-14(22)9-25-21(27-19)29-5-6-30(23)18(32)10-29/h3-4,7-9H,5-6,10-11H2,1-2H3,(H,24,31)(H,25,26,27). The number of nitrogens with one attached hydrogen (secondary N) is 2. The van der Waals surface area contributed by atoms with Crippen LogP contribution >= 0.6 is 34.5 Å². The molecule has 0 unspecified atom stereocenters. The second-order valence-corrected chi connectivity index (χ2v) is 9.07. The number of carbonyl (C=O) groups excluding carboxylic acids is 2. The van der Waals surface area contributed by atoms with E-state index in [1.54, 1.807) is 33.3 Å². The number of hydrogen-bond donors (Lipinski definition) is 2. The van der Waals surface area contributed by atoms with E-state index in [1.165, 1.54) is 17.8 Å². The molecule has 0 atom stereocenters. The highest BCUT2D eigenvalue weighted by atomic mass is 127. The van der Waals surface area contributed by atoms with Crippen molar-refractivity contribution in [3.8, 4) is 5.75 Å². The first-order valence-corrected chi connectivity index (χ1v) is 11.6. The van der Waals surface area contributed by atoms with Crippen LogP contribution < -0.4 is 25.8 Å². The Morgan fingerprint density at radius 1 is 1.26 bits per heavy atom. The van der Waals surface area contributed by atoms with Crippen molar-refractivity contribution in [2.45, 2.75) is 0 Å². The zero-order chi connectivity index (χ0) is 24.4. The van der Waals surface area contributed by atoms with Crippen molar-refractivity contribution in [2.24, 2.45) is 7.05 Å². The monoisotopic (exact) mass is 597 g/mol. The number of fused-ring (bicyclic) bond motifs is 1. The molecule has 1 aliphatic heterocycles. The summed E-state index contributed by atoms with van der Waals surface area (Å²) in [6.07, 6.45) is 1.49. The fourth-order valence-electron chi connectivity index (χ4n) is 3.41. The molecule has 0 saturated carbocycles. The Morgan fingerprint density at radius 2 is 2.06 bits per heavy atom. The lowest BCUT2D eigenvalue weighted by molar-refractivity contribution is -0.125. The number of nitrogens with zero attached hydrogens (tertiary/aromatic N) is 5. The smallest absolute Gasteiger partial charge is 0.293 e. The summed E-state index contributed by atoms with van der Waals surface area (Å²) >= 11 is 8.32. The van der Waals surface area contributed by atoms with Gasteiger partial charge in [-0.05, 0) is 24.3 Å². The number of ether oxygens (including phenoxy) is 1. The third-order valence-corrected chi connectivity index (χ3v) is 6.57. The summed E-state index contributed by atoms with van der Waals surface area (Å²) in [4.78, 5) is 46.7. The Labute approximate surface area is 213 Å². The topological polar surface area (TPSA) is 122 Å². The number of pyridine rings is 1. The molecule has 0 radical (unpaired) electrons. The lowest BCUT2D eigenvalue weighted by Gasteiger charge is -2.30. The van der Waals surface area contributed by atoms with E-state index in [0.29, 0.717) is 46.5 Å². The highest BCUT2D eigenvalue weighted by molar-refractivity contribution is 14.1. The molecule has 3 aromatic rings. The molecule has 11 nitrogen and oxygen atoms in total. The van der Waals surface area contributed by atoms with E-state index in [-0.39, 0.29) is 36.3 Å². The maximum atomic E-state index is 12.6. The lowest BCUT2D eigenvalue weighted by atomic mass is 10.2. The molecular formula is C21H21ClIN7O4. The Hall–Kier alpha value is -3.13. The SMILES string of the molecule is CNC(=O)COc1cc2cc(Nc3nc(N4CCN(I)C(=O)C4)ncc3Cl)ccc2n(C)c1=O. The van der Waals surface area contributed by atoms with Gasteiger partial charge in [0.1, 0.15) is 11.6 Å². The van der Waals surface area contributed by atoms with Crippen LogP contribution in [0.2, 0.25) is 5.02 Å². The Kier molecular flexibility index (Phi) is 7.07. The number of aromatic nitrogens is 3. The van der Waals surface area contributed by atoms with Gasteiger partial charge in [0.15, 0.2) is 18.2 Å². The van der Waals surface area contributed by atoms with Crippen LogP contribution in [-0.2, 0) is 16.6 Å². The summed E-state index contributed by atoms with van der Waals surface area (Å²) in [5.41, 5.74) is 1.01. The van der Waals surface area contributed by atoms with Gasteiger partial charge in [0, 0.05) is 38.3 Å². The molecule has 1 fully saturated rings. The predicted molar refractivity (Wildman–Crippen MR) is 137 cm³/mol. The van der Waals surface area contributed by atoms with Crippen molar-refractivity contribution in [1.29, 1.82) is 0 Å². The minimum Gasteiger partial charge on any atom is -0.478 e. The van der Waals surface area contributed by atoms with Crippen LogP contribution in [0, 0.1) is 0 Å². The van der Waals surface area contributed by atoms with Crippen LogP contribution in [0.25, 0.3) is 10.9 Å². The van der Waals surface area contributed by atoms with E-state index < -0.39 is 0 Å². The number of aryl methyl sites for hydroxylation is 1. The summed E-state index contributed by atoms with van der Waals surface area (Å²) in [5, 5.41) is 6.66. The average Bonchev–Trinajstić information content (AvgIpc) is 2.83. The van der Waals surface area contributed by atoms with Crippen LogP contribution in [0.4, 0.5) is 17.5 Å². The molecule has 2 amide bonds. The molecule has 3 heterocycles. The van der Waals surface area contributed by atoms with Gasteiger partial charge in [-0.2, -0.15) is 4.98 Å². The Morgan fingerprint density at radius 3 is 2.79 bits per heavy atom. The molecule has 2 aromatic heterocycles. The number of benzene rings is 1. The maximum absolute atomic E-state index is 12.6. The third-order valence-electron chi connectivity index (χ3n) is 5.27. The number of amides is 2. The zero-order valence-corrected chi connectivity index (χ0v) is 21.3. The van der Waals surface area contributed by atoms with E-state index in [4.69, 9.17) is 16.3 Å². The average molecular weight is 598 g/mol. The second kappa shape index (κ2) is 10.0. The van der Waals surface area contributed by atoms with E-state index >= 15 is 0 Å². The molecule has 1 aliphatic rings. The van der Waals surface area contributed by atoms with Gasteiger partial charge in [0.05, 0.1) is 34.6 Å². The van der Waals surface area contributed by atoms with Crippen LogP contribution in [0.15, 0.2) is 35.3 Å². The third kappa shape index (κ3) is 5.01. The van der Waals surface area contributed by atoms with E-state index in [1.807, 2.05) is 28.9 Å². The molecule has 13 heteroatoms. The van der Waals surface area contributed by atoms with Gasteiger partial charge in [0.25, 0.3) is 17.4 Å². The fraction of sp³-hybridized carbons (Fsp3) is 0.286. The number of rotatable bonds is 6. The number of likely N-dealkylation sites (N-methyl/N-ethyl adjacent to an activating group) is 1. The molecule has 1 saturated heterocycles. The number of anilines is 3. The first kappa shape index (κ1) is 24.0. The summed E-state index contributed by atoms with van der Waals surface area (Å²) in [6.45, 7) is 1.11. The molecule has 1 aromatic carbocycles. The minimum absolute atomic E-state index is 0.0190. The van der Waals surface area contributed by atoms with Gasteiger partial charge in [-0.15, -0.1) is 0 Å². The molecular weight excluding hydrogens is 577 g/mol. The van der Waals surface area contributed by atoms with E-state index in [0.717, 1.165) is 0 Å². The van der Waals surface area contributed by atoms with Gasteiger partial charge in [-0.1, -0.05) is 11.6 Å². The molecule has 4 rings (SSSR count). The largest absolute Gasteiger partial charge is 0.478 e. The first-order chi connectivity index (χ1) is 16.3. The summed E-state index contributed by atoms with van der Waals surface area (Å²) < 4.78 is 8.50. The second-order valence-electron chi connectivity index (χ2n) is 7.50. The first-order valence-electron chi connectivity index (χ1n) is 10.2. The van der Waals surface area contributed by atoms with Gasteiger partial charge in [0.2, 0.25) is 5.95 Å². The summed E-state index contributed by atoms with van der Waals surface area (Å²) in [7, 11) is 3.13. The van der Waals surface area contributed by atoms with Gasteiger partial charge >= 0.3 is 0 Å². The van der Waals surface area contributed by atoms with Crippen molar-refractivity contribution < 1.29 is 14.3 Å². The molecule has 0 aliphatic carbocycles. The van der Waals surface area contributed by atoms with Gasteiger partial charge in [-0.25, -0.2) is 4.98 Å². The van der Waals surface area contributed by atoms with Crippen LogP contribution in [0.3, 0.4) is 0 Å². The van der Waals surface area contributed by atoms with Crippen molar-refractivity contribution in [2.75, 3.05) is 43.5 Å². The van der Waals surface area contributed by atoms with Crippen molar-refractivity contribution in [3.63, 3.8) is 0 Å². The van der Waals surface area contributed by atoms with Crippen molar-refractivity contribution >= 4 is 74.6 Å². The van der Waals surface area contributed by atoms with Crippen molar-refractivity contribution in [3.05, 3.63) is 45.8 Å². The highest BCUT2D eigenvalue weighted by Gasteiger charge is 2.24. The quantitative estimate of drug-likeness (QED) is 0.326. The Balaban J connectivity index is 1.62. The van der Waals surface area contributed by atoms with Crippen LogP contribution in [0.1, 0.15) is 0 Å². The number of hydrogen-bond acceptors (Lipinski definition) is 8. The number of halogens is 2. The molecule has 0 bridgehead atoms. The van der Waals surface area contributed by atoms with E-state index in [2.05, 4.69) is 20.6 Å². The summed E-state index contributed by atoms with van der Waals surface area (Å²) in [5.74, 6) is 0.495. The van der Waals surface area contributed by atoms with Gasteiger partial charge < -0.3 is 24.8 Å².